The van der Waals surface area contributed by atoms with Crippen molar-refractivity contribution < 1.29 is 18.5 Å². The van der Waals surface area contributed by atoms with Gasteiger partial charge in [-0.05, 0) is 31.2 Å². The number of carbonyl (C=O) groups is 1. The molecule has 9 heteroatoms. The maximum atomic E-state index is 13.8. The molecule has 1 aromatic carbocycles. The summed E-state index contributed by atoms with van der Waals surface area (Å²) in [7, 11) is 1.37. The van der Waals surface area contributed by atoms with Gasteiger partial charge >= 0.3 is 11.7 Å². The molecule has 0 spiro atoms. The second-order valence-electron chi connectivity index (χ2n) is 5.03. The monoisotopic (exact) mass is 336 g/mol. The van der Waals surface area contributed by atoms with Crippen LogP contribution >= 0.6 is 0 Å². The van der Waals surface area contributed by atoms with Gasteiger partial charge in [0.2, 0.25) is 0 Å². The van der Waals surface area contributed by atoms with Crippen LogP contribution in [0.1, 0.15) is 18.5 Å². The third-order valence-corrected chi connectivity index (χ3v) is 3.55. The van der Waals surface area contributed by atoms with Crippen LogP contribution in [-0.2, 0) is 0 Å². The number of urea groups is 1. The highest BCUT2D eigenvalue weighted by atomic mass is 19.1. The number of nitro groups is 1. The minimum atomic E-state index is -0.790. The summed E-state index contributed by atoms with van der Waals surface area (Å²) in [6.45, 7) is 1.51. The number of hydrogen-bond donors (Lipinski definition) is 1. The van der Waals surface area contributed by atoms with Crippen LogP contribution in [0.5, 0.6) is 0 Å². The molecule has 126 valence electrons. The fourth-order valence-corrected chi connectivity index (χ4v) is 2.06. The Labute approximate surface area is 136 Å². The van der Waals surface area contributed by atoms with E-state index in [2.05, 4.69) is 10.3 Å². The Hall–Kier alpha value is -3.10. The largest absolute Gasteiger partial charge is 0.322 e. The van der Waals surface area contributed by atoms with Crippen LogP contribution in [0.3, 0.4) is 0 Å². The average Bonchev–Trinajstić information content (AvgIpc) is 2.56. The van der Waals surface area contributed by atoms with E-state index in [1.807, 2.05) is 0 Å². The van der Waals surface area contributed by atoms with Gasteiger partial charge in [0.1, 0.15) is 23.5 Å². The first-order valence-electron chi connectivity index (χ1n) is 6.88. The van der Waals surface area contributed by atoms with Crippen molar-refractivity contribution in [1.29, 1.82) is 0 Å². The van der Waals surface area contributed by atoms with Gasteiger partial charge in [0.05, 0.1) is 11.0 Å². The molecule has 24 heavy (non-hydrogen) atoms. The van der Waals surface area contributed by atoms with E-state index in [0.717, 1.165) is 29.3 Å². The molecule has 2 aromatic rings. The van der Waals surface area contributed by atoms with Crippen LogP contribution in [-0.4, -0.2) is 27.9 Å². The number of hydrogen-bond acceptors (Lipinski definition) is 4. The van der Waals surface area contributed by atoms with E-state index in [-0.39, 0.29) is 16.9 Å². The summed E-state index contributed by atoms with van der Waals surface area (Å²) in [6, 6.07) is 2.73. The normalized spacial score (nSPS) is 11.7. The van der Waals surface area contributed by atoms with Crippen molar-refractivity contribution in [3.63, 3.8) is 0 Å². The Kier molecular flexibility index (Phi) is 5.02. The maximum absolute atomic E-state index is 13.8. The van der Waals surface area contributed by atoms with Gasteiger partial charge in [0.25, 0.3) is 0 Å². The lowest BCUT2D eigenvalue weighted by Gasteiger charge is -2.25. The summed E-state index contributed by atoms with van der Waals surface area (Å²) in [4.78, 5) is 27.2. The van der Waals surface area contributed by atoms with E-state index >= 15 is 0 Å². The van der Waals surface area contributed by atoms with Crippen LogP contribution in [0, 0.1) is 21.7 Å². The molecule has 0 aliphatic heterocycles. The van der Waals surface area contributed by atoms with Crippen LogP contribution in [0.4, 0.5) is 25.0 Å². The Bertz CT molecular complexity index is 785. The molecule has 0 radical (unpaired) electrons. The molecule has 0 unspecified atom stereocenters. The van der Waals surface area contributed by atoms with Gasteiger partial charge in [-0.2, -0.15) is 0 Å². The number of pyridine rings is 1. The third-order valence-electron chi connectivity index (χ3n) is 3.55. The summed E-state index contributed by atoms with van der Waals surface area (Å²) < 4.78 is 27.1. The number of benzene rings is 1. The summed E-state index contributed by atoms with van der Waals surface area (Å²) in [5.74, 6) is -1.28. The molecule has 1 heterocycles. The van der Waals surface area contributed by atoms with E-state index in [4.69, 9.17) is 0 Å². The van der Waals surface area contributed by atoms with Crippen LogP contribution < -0.4 is 5.32 Å². The number of amides is 2. The number of nitrogens with zero attached hydrogens (tertiary/aromatic N) is 3. The van der Waals surface area contributed by atoms with Gasteiger partial charge in [-0.1, -0.05) is 0 Å². The van der Waals surface area contributed by atoms with E-state index in [0.29, 0.717) is 0 Å². The Morgan fingerprint density at radius 1 is 1.38 bits per heavy atom. The third kappa shape index (κ3) is 3.62. The first-order chi connectivity index (χ1) is 11.3. The van der Waals surface area contributed by atoms with Gasteiger partial charge in [-0.25, -0.2) is 13.6 Å². The fraction of sp³-hybridized carbons (Fsp3) is 0.200. The minimum Gasteiger partial charge on any atom is -0.321 e. The molecule has 0 fully saturated rings. The second kappa shape index (κ2) is 6.99. The van der Waals surface area contributed by atoms with E-state index < -0.39 is 28.6 Å². The van der Waals surface area contributed by atoms with Gasteiger partial charge in [-0.3, -0.25) is 15.1 Å². The van der Waals surface area contributed by atoms with E-state index in [1.54, 1.807) is 0 Å². The van der Waals surface area contributed by atoms with Crippen molar-refractivity contribution in [2.24, 2.45) is 0 Å². The molecule has 2 amide bonds. The first-order valence-corrected chi connectivity index (χ1v) is 6.88. The number of aromatic nitrogens is 1. The van der Waals surface area contributed by atoms with E-state index in [9.17, 15) is 23.7 Å². The highest BCUT2D eigenvalue weighted by molar-refractivity contribution is 5.91. The highest BCUT2D eigenvalue weighted by Gasteiger charge is 2.23. The molecule has 0 saturated heterocycles. The van der Waals surface area contributed by atoms with Crippen molar-refractivity contribution in [3.05, 3.63) is 64.0 Å². The predicted molar refractivity (Wildman–Crippen MR) is 82.4 cm³/mol. The molecule has 0 aliphatic carbocycles. The fourth-order valence-electron chi connectivity index (χ4n) is 2.06. The van der Waals surface area contributed by atoms with Crippen LogP contribution in [0.15, 0.2) is 36.7 Å². The molecule has 1 atom stereocenters. The molecule has 0 aliphatic rings. The molecular weight excluding hydrogens is 322 g/mol. The number of carbonyl (C=O) groups excluding carboxylic acids is 1. The summed E-state index contributed by atoms with van der Waals surface area (Å²) in [6.07, 6.45) is 2.30. The lowest BCUT2D eigenvalue weighted by molar-refractivity contribution is -0.384. The molecule has 0 bridgehead atoms. The lowest BCUT2D eigenvalue weighted by atomic mass is 10.1. The van der Waals surface area contributed by atoms with Crippen molar-refractivity contribution in [2.45, 2.75) is 13.0 Å². The van der Waals surface area contributed by atoms with Gasteiger partial charge < -0.3 is 10.2 Å². The Morgan fingerprint density at radius 3 is 2.75 bits per heavy atom. The summed E-state index contributed by atoms with van der Waals surface area (Å²) in [5, 5.41) is 13.3. The molecular formula is C15H14F2N4O3. The molecule has 0 saturated carbocycles. The lowest BCUT2D eigenvalue weighted by Crippen LogP contribution is -2.34. The Morgan fingerprint density at radius 2 is 2.08 bits per heavy atom. The average molecular weight is 336 g/mol. The topological polar surface area (TPSA) is 88.4 Å². The van der Waals surface area contributed by atoms with Crippen molar-refractivity contribution in [3.8, 4) is 0 Å². The summed E-state index contributed by atoms with van der Waals surface area (Å²) >= 11 is 0. The van der Waals surface area contributed by atoms with Crippen molar-refractivity contribution >= 4 is 17.4 Å². The second-order valence-corrected chi connectivity index (χ2v) is 5.03. The number of nitrogens with one attached hydrogen (secondary N) is 1. The zero-order valence-corrected chi connectivity index (χ0v) is 12.9. The zero-order chi connectivity index (χ0) is 17.9. The van der Waals surface area contributed by atoms with Crippen LogP contribution in [0.25, 0.3) is 0 Å². The van der Waals surface area contributed by atoms with Gasteiger partial charge in [-0.15, -0.1) is 0 Å². The highest BCUT2D eigenvalue weighted by Crippen LogP contribution is 2.26. The number of anilines is 1. The standard InChI is InChI=1S/C15H14F2N4O3/c1-9(11-7-10(16)3-4-12(11)17)20(2)15(22)19-13-5-6-18-8-14(13)21(23)24/h3-9H,1-2H3,(H,18,19,22)/t9-/m1/s1. The minimum absolute atomic E-state index is 0.00289. The van der Waals surface area contributed by atoms with Gasteiger partial charge in [0.15, 0.2) is 0 Å². The molecule has 7 nitrogen and oxygen atoms in total. The SMILES string of the molecule is C[C@H](c1cc(F)ccc1F)N(C)C(=O)Nc1ccncc1[N+](=O)[O-]. The quantitative estimate of drug-likeness (QED) is 0.684. The predicted octanol–water partition coefficient (Wildman–Crippen LogP) is 3.49. The first kappa shape index (κ1) is 17.3. The molecule has 2 rings (SSSR count). The van der Waals surface area contributed by atoms with Crippen LogP contribution in [0.2, 0.25) is 0 Å². The zero-order valence-electron chi connectivity index (χ0n) is 12.9. The van der Waals surface area contributed by atoms with Crippen molar-refractivity contribution in [2.75, 3.05) is 12.4 Å². The molecule has 1 aromatic heterocycles. The maximum Gasteiger partial charge on any atom is 0.322 e. The Balaban J connectivity index is 2.21. The summed E-state index contributed by atoms with van der Waals surface area (Å²) in [5.41, 5.74) is -0.417. The molecule has 1 N–H and O–H groups in total. The van der Waals surface area contributed by atoms with E-state index in [1.165, 1.54) is 26.2 Å². The number of halogens is 2. The van der Waals surface area contributed by atoms with Crippen molar-refractivity contribution in [1.82, 2.24) is 9.88 Å². The van der Waals surface area contributed by atoms with Gasteiger partial charge in [0, 0.05) is 18.8 Å². The number of rotatable bonds is 4. The smallest absolute Gasteiger partial charge is 0.321 e.